The Morgan fingerprint density at radius 3 is 2.33 bits per heavy atom. The molecule has 0 unspecified atom stereocenters. The van der Waals surface area contributed by atoms with Crippen molar-refractivity contribution in [2.24, 2.45) is 0 Å². The van der Waals surface area contributed by atoms with E-state index in [1.165, 1.54) is 12.1 Å². The van der Waals surface area contributed by atoms with Crippen molar-refractivity contribution in [3.63, 3.8) is 0 Å². The van der Waals surface area contributed by atoms with Crippen LogP contribution in [0.15, 0.2) is 60.8 Å². The molecule has 1 atom stereocenters. The van der Waals surface area contributed by atoms with Crippen molar-refractivity contribution < 1.29 is 37.0 Å². The van der Waals surface area contributed by atoms with Gasteiger partial charge in [-0.15, -0.1) is 13.2 Å². The number of piperidine rings is 1. The van der Waals surface area contributed by atoms with Crippen LogP contribution < -0.4 is 15.0 Å². The summed E-state index contributed by atoms with van der Waals surface area (Å²) < 4.78 is 56.2. The predicted molar refractivity (Wildman–Crippen MR) is 153 cm³/mol. The van der Waals surface area contributed by atoms with E-state index in [9.17, 15) is 27.2 Å². The molecular weight excluding hydrogens is 568 g/mol. The summed E-state index contributed by atoms with van der Waals surface area (Å²) in [4.78, 5) is 32.9. The number of hydrogen-bond donors (Lipinski definition) is 2. The normalized spacial score (nSPS) is 18.8. The van der Waals surface area contributed by atoms with E-state index in [2.05, 4.69) is 26.9 Å². The van der Waals surface area contributed by atoms with Crippen LogP contribution in [0, 0.1) is 0 Å². The molecule has 12 heteroatoms. The zero-order valence-corrected chi connectivity index (χ0v) is 23.5. The molecule has 0 aliphatic carbocycles. The Morgan fingerprint density at radius 1 is 1.07 bits per heavy atom. The minimum Gasteiger partial charge on any atom is -0.479 e. The lowest BCUT2D eigenvalue weighted by atomic mass is 9.93. The molecule has 2 aromatic carbocycles. The Kier molecular flexibility index (Phi) is 8.59. The SMILES string of the molecule is C[C@@H]1CCCN1Cc1cc(NC(=O)c2ccc(N3CCC(F)(C(=O)O)CC3)cc2)ncc1-c1ccc(OC(F)(F)F)cc1. The van der Waals surface area contributed by atoms with Gasteiger partial charge in [0.25, 0.3) is 5.91 Å². The fraction of sp³-hybridized carbons (Fsp3) is 0.387. The maximum Gasteiger partial charge on any atom is 0.573 e. The lowest BCUT2D eigenvalue weighted by Gasteiger charge is -2.35. The standard InChI is InChI=1S/C31H32F4N4O4/c1-20-3-2-14-39(20)19-23-17-27(36-18-26(23)21-6-10-25(11-7-21)43-31(33,34)35)37-28(40)22-4-8-24(9-5-22)38-15-12-30(32,13-16-38)29(41)42/h4-11,17-18,20H,2-3,12-16,19H2,1H3,(H,41,42)(H,36,37,40)/t20-/m1/s1. The van der Waals surface area contributed by atoms with Crippen LogP contribution in [0.25, 0.3) is 11.1 Å². The van der Waals surface area contributed by atoms with Gasteiger partial charge in [0.1, 0.15) is 11.6 Å². The van der Waals surface area contributed by atoms with Crippen molar-refractivity contribution in [3.05, 3.63) is 71.9 Å². The summed E-state index contributed by atoms with van der Waals surface area (Å²) >= 11 is 0. The number of carboxylic acids is 1. The molecule has 2 fully saturated rings. The summed E-state index contributed by atoms with van der Waals surface area (Å²) in [6, 6.07) is 14.5. The second-order valence-corrected chi connectivity index (χ2v) is 11.0. The molecule has 3 aromatic rings. The summed E-state index contributed by atoms with van der Waals surface area (Å²) in [7, 11) is 0. The number of pyridine rings is 1. The molecule has 0 bridgehead atoms. The summed E-state index contributed by atoms with van der Waals surface area (Å²) in [5, 5.41) is 11.9. The van der Waals surface area contributed by atoms with Gasteiger partial charge in [0.2, 0.25) is 5.67 Å². The Bertz CT molecular complexity index is 1460. The zero-order valence-electron chi connectivity index (χ0n) is 23.5. The number of carbonyl (C=O) groups excluding carboxylic acids is 1. The fourth-order valence-corrected chi connectivity index (χ4v) is 5.58. The highest BCUT2D eigenvalue weighted by Gasteiger charge is 2.41. The molecule has 2 saturated heterocycles. The highest BCUT2D eigenvalue weighted by atomic mass is 19.4. The maximum absolute atomic E-state index is 14.4. The molecule has 2 aliphatic heterocycles. The molecule has 0 spiro atoms. The van der Waals surface area contributed by atoms with E-state index in [0.717, 1.165) is 36.2 Å². The van der Waals surface area contributed by atoms with Crippen LogP contribution in [0.3, 0.4) is 0 Å². The Hall–Kier alpha value is -4.19. The molecule has 8 nitrogen and oxygen atoms in total. The van der Waals surface area contributed by atoms with Crippen LogP contribution >= 0.6 is 0 Å². The van der Waals surface area contributed by atoms with E-state index >= 15 is 0 Å². The van der Waals surface area contributed by atoms with Gasteiger partial charge in [0.05, 0.1) is 0 Å². The number of anilines is 2. The highest BCUT2D eigenvalue weighted by Crippen LogP contribution is 2.32. The van der Waals surface area contributed by atoms with Crippen LogP contribution in [-0.2, 0) is 11.3 Å². The van der Waals surface area contributed by atoms with Gasteiger partial charge >= 0.3 is 12.3 Å². The van der Waals surface area contributed by atoms with E-state index in [1.54, 1.807) is 48.7 Å². The number of carboxylic acid groups (broad SMARTS) is 1. The molecule has 1 amide bonds. The van der Waals surface area contributed by atoms with Crippen LogP contribution in [0.4, 0.5) is 29.1 Å². The molecule has 228 valence electrons. The smallest absolute Gasteiger partial charge is 0.479 e. The largest absolute Gasteiger partial charge is 0.573 e. The molecule has 2 aliphatic rings. The Labute approximate surface area is 246 Å². The first-order valence-electron chi connectivity index (χ1n) is 14.1. The lowest BCUT2D eigenvalue weighted by molar-refractivity contribution is -0.274. The van der Waals surface area contributed by atoms with E-state index in [0.29, 0.717) is 29.5 Å². The van der Waals surface area contributed by atoms with E-state index in [4.69, 9.17) is 5.11 Å². The van der Waals surface area contributed by atoms with Gasteiger partial charge in [-0.2, -0.15) is 0 Å². The average molecular weight is 601 g/mol. The zero-order chi connectivity index (χ0) is 30.8. The number of hydrogen-bond acceptors (Lipinski definition) is 6. The number of nitrogens with zero attached hydrogens (tertiary/aromatic N) is 3. The number of nitrogens with one attached hydrogen (secondary N) is 1. The third kappa shape index (κ3) is 7.24. The first-order chi connectivity index (χ1) is 20.4. The number of carbonyl (C=O) groups is 2. The number of ether oxygens (including phenoxy) is 1. The van der Waals surface area contributed by atoms with Gasteiger partial charge in [-0.25, -0.2) is 14.2 Å². The van der Waals surface area contributed by atoms with Gasteiger partial charge in [-0.1, -0.05) is 12.1 Å². The second-order valence-electron chi connectivity index (χ2n) is 11.0. The number of aliphatic carboxylic acids is 1. The second kappa shape index (κ2) is 12.2. The average Bonchev–Trinajstić information content (AvgIpc) is 3.37. The van der Waals surface area contributed by atoms with Gasteiger partial charge in [0.15, 0.2) is 0 Å². The molecule has 2 N–H and O–H groups in total. The Balaban J connectivity index is 1.31. The van der Waals surface area contributed by atoms with Crippen LogP contribution in [0.5, 0.6) is 5.75 Å². The highest BCUT2D eigenvalue weighted by molar-refractivity contribution is 6.04. The molecular formula is C31H32F4N4O4. The minimum atomic E-state index is -4.78. The molecule has 3 heterocycles. The first kappa shape index (κ1) is 30.3. The number of likely N-dealkylation sites (tertiary alicyclic amines) is 1. The summed E-state index contributed by atoms with van der Waals surface area (Å²) in [6.07, 6.45) is -1.27. The number of halogens is 4. The van der Waals surface area contributed by atoms with Crippen LogP contribution in [0.2, 0.25) is 0 Å². The third-order valence-electron chi connectivity index (χ3n) is 8.13. The Morgan fingerprint density at radius 2 is 1.74 bits per heavy atom. The van der Waals surface area contributed by atoms with Crippen LogP contribution in [0.1, 0.15) is 48.5 Å². The van der Waals surface area contributed by atoms with E-state index in [1.807, 2.05) is 4.90 Å². The summed E-state index contributed by atoms with van der Waals surface area (Å²) in [5.41, 5.74) is 1.21. The van der Waals surface area contributed by atoms with Gasteiger partial charge in [0, 0.05) is 61.5 Å². The summed E-state index contributed by atoms with van der Waals surface area (Å²) in [5.74, 6) is -1.80. The van der Waals surface area contributed by atoms with Crippen molar-refractivity contribution in [3.8, 4) is 16.9 Å². The van der Waals surface area contributed by atoms with Crippen molar-refractivity contribution >= 4 is 23.4 Å². The van der Waals surface area contributed by atoms with Crippen molar-refractivity contribution in [1.82, 2.24) is 9.88 Å². The van der Waals surface area contributed by atoms with E-state index < -0.39 is 18.0 Å². The third-order valence-corrected chi connectivity index (χ3v) is 8.13. The maximum atomic E-state index is 14.4. The molecule has 43 heavy (non-hydrogen) atoms. The minimum absolute atomic E-state index is 0.115. The van der Waals surface area contributed by atoms with Crippen molar-refractivity contribution in [2.45, 2.75) is 57.2 Å². The number of rotatable bonds is 8. The van der Waals surface area contributed by atoms with Crippen LogP contribution in [-0.4, -0.2) is 64.6 Å². The lowest BCUT2D eigenvalue weighted by Crippen LogP contribution is -2.46. The predicted octanol–water partition coefficient (Wildman–Crippen LogP) is 6.28. The quantitative estimate of drug-likeness (QED) is 0.294. The molecule has 5 rings (SSSR count). The number of benzene rings is 2. The van der Waals surface area contributed by atoms with Gasteiger partial charge < -0.3 is 20.1 Å². The first-order valence-corrected chi connectivity index (χ1v) is 14.1. The summed E-state index contributed by atoms with van der Waals surface area (Å²) in [6.45, 7) is 4.14. The molecule has 1 aromatic heterocycles. The number of alkyl halides is 4. The molecule has 0 saturated carbocycles. The van der Waals surface area contributed by atoms with Gasteiger partial charge in [-0.05, 0) is 79.9 Å². The fourth-order valence-electron chi connectivity index (χ4n) is 5.58. The van der Waals surface area contributed by atoms with E-state index in [-0.39, 0.29) is 37.6 Å². The number of amides is 1. The van der Waals surface area contributed by atoms with Gasteiger partial charge in [-0.3, -0.25) is 9.69 Å². The number of aromatic nitrogens is 1. The van der Waals surface area contributed by atoms with Crippen molar-refractivity contribution in [2.75, 3.05) is 29.9 Å². The monoisotopic (exact) mass is 600 g/mol. The topological polar surface area (TPSA) is 95.0 Å². The molecule has 0 radical (unpaired) electrons. The van der Waals surface area contributed by atoms with Crippen molar-refractivity contribution in [1.29, 1.82) is 0 Å².